The molecule has 1 unspecified atom stereocenters. The third kappa shape index (κ3) is 5.70. The van der Waals surface area contributed by atoms with Crippen molar-refractivity contribution in [3.8, 4) is 0 Å². The maximum Gasteiger partial charge on any atom is 0.315 e. The molecule has 0 spiro atoms. The van der Waals surface area contributed by atoms with Crippen molar-refractivity contribution in [2.75, 3.05) is 39.3 Å². The molecular weight excluding hydrogens is 340 g/mol. The van der Waals surface area contributed by atoms with Crippen molar-refractivity contribution in [2.24, 2.45) is 5.92 Å². The number of amides is 3. The number of nitrogens with zero attached hydrogens (tertiary/aromatic N) is 2. The molecule has 148 valence electrons. The standard InChI is InChI=1S/C21H32N4O2/c1-2-11-24-12-8-17(16-24)15-22-21(27)23-19-9-13-25(14-10-19)20(26)18-6-4-3-5-7-18/h3-7,17,19H,2,8-16H2,1H3,(H2,22,23,27). The molecule has 0 aliphatic carbocycles. The summed E-state index contributed by atoms with van der Waals surface area (Å²) in [5.41, 5.74) is 0.732. The summed E-state index contributed by atoms with van der Waals surface area (Å²) in [6, 6.07) is 9.46. The summed E-state index contributed by atoms with van der Waals surface area (Å²) >= 11 is 0. The maximum atomic E-state index is 12.5. The molecule has 2 saturated heterocycles. The minimum absolute atomic E-state index is 0.0724. The lowest BCUT2D eigenvalue weighted by Crippen LogP contribution is -2.49. The van der Waals surface area contributed by atoms with Crippen molar-refractivity contribution in [3.63, 3.8) is 0 Å². The second kappa shape index (κ2) is 9.74. The van der Waals surface area contributed by atoms with Gasteiger partial charge in [-0.15, -0.1) is 0 Å². The van der Waals surface area contributed by atoms with Crippen molar-refractivity contribution in [2.45, 2.75) is 38.6 Å². The molecule has 3 amide bonds. The van der Waals surface area contributed by atoms with E-state index in [0.717, 1.165) is 44.6 Å². The van der Waals surface area contributed by atoms with E-state index in [2.05, 4.69) is 22.5 Å². The van der Waals surface area contributed by atoms with Gasteiger partial charge in [-0.1, -0.05) is 25.1 Å². The number of likely N-dealkylation sites (tertiary alicyclic amines) is 2. The molecule has 1 atom stereocenters. The van der Waals surface area contributed by atoms with Gasteiger partial charge in [-0.2, -0.15) is 0 Å². The second-order valence-corrected chi connectivity index (χ2v) is 7.74. The first-order chi connectivity index (χ1) is 13.2. The first-order valence-corrected chi connectivity index (χ1v) is 10.3. The van der Waals surface area contributed by atoms with Crippen molar-refractivity contribution in [3.05, 3.63) is 35.9 Å². The first-order valence-electron chi connectivity index (χ1n) is 10.3. The Morgan fingerprint density at radius 3 is 2.52 bits per heavy atom. The van der Waals surface area contributed by atoms with Crippen LogP contribution >= 0.6 is 0 Å². The van der Waals surface area contributed by atoms with Gasteiger partial charge in [0.1, 0.15) is 0 Å². The third-order valence-corrected chi connectivity index (χ3v) is 5.60. The largest absolute Gasteiger partial charge is 0.338 e. The SMILES string of the molecule is CCCN1CCC(CNC(=O)NC2CCN(C(=O)c3ccccc3)CC2)C1. The smallest absolute Gasteiger partial charge is 0.315 e. The fraction of sp³-hybridized carbons (Fsp3) is 0.619. The molecular formula is C21H32N4O2. The topological polar surface area (TPSA) is 64.7 Å². The van der Waals surface area contributed by atoms with Crippen LogP contribution in [-0.4, -0.2) is 67.0 Å². The monoisotopic (exact) mass is 372 g/mol. The summed E-state index contributed by atoms with van der Waals surface area (Å²) in [5, 5.41) is 6.11. The molecule has 27 heavy (non-hydrogen) atoms. The van der Waals surface area contributed by atoms with Crippen molar-refractivity contribution in [1.82, 2.24) is 20.4 Å². The van der Waals surface area contributed by atoms with Gasteiger partial charge in [-0.3, -0.25) is 4.79 Å². The number of hydrogen-bond donors (Lipinski definition) is 2. The van der Waals surface area contributed by atoms with Gasteiger partial charge in [-0.05, 0) is 56.8 Å². The predicted octanol–water partition coefficient (Wildman–Crippen LogP) is 2.32. The van der Waals surface area contributed by atoms with E-state index in [9.17, 15) is 9.59 Å². The van der Waals surface area contributed by atoms with Gasteiger partial charge in [0.2, 0.25) is 0 Å². The highest BCUT2D eigenvalue weighted by molar-refractivity contribution is 5.94. The summed E-state index contributed by atoms with van der Waals surface area (Å²) in [4.78, 5) is 29.0. The lowest BCUT2D eigenvalue weighted by atomic mass is 10.0. The van der Waals surface area contributed by atoms with E-state index >= 15 is 0 Å². The molecule has 3 rings (SSSR count). The van der Waals surface area contributed by atoms with E-state index in [1.165, 1.54) is 12.8 Å². The zero-order chi connectivity index (χ0) is 19.1. The number of carbonyl (C=O) groups excluding carboxylic acids is 2. The van der Waals surface area contributed by atoms with Crippen LogP contribution in [0.2, 0.25) is 0 Å². The Morgan fingerprint density at radius 2 is 1.81 bits per heavy atom. The Bertz CT molecular complexity index is 614. The average Bonchev–Trinajstić information content (AvgIpc) is 3.15. The highest BCUT2D eigenvalue weighted by Gasteiger charge is 2.25. The number of hydrogen-bond acceptors (Lipinski definition) is 3. The van der Waals surface area contributed by atoms with Crippen LogP contribution < -0.4 is 10.6 Å². The Labute approximate surface area is 162 Å². The van der Waals surface area contributed by atoms with Crippen LogP contribution in [0, 0.1) is 5.92 Å². The molecule has 0 bridgehead atoms. The van der Waals surface area contributed by atoms with E-state index in [-0.39, 0.29) is 18.0 Å². The van der Waals surface area contributed by atoms with Gasteiger partial charge in [0, 0.05) is 37.8 Å². The van der Waals surface area contributed by atoms with Gasteiger partial charge in [0.05, 0.1) is 0 Å². The molecule has 1 aromatic rings. The van der Waals surface area contributed by atoms with Crippen molar-refractivity contribution < 1.29 is 9.59 Å². The molecule has 6 nitrogen and oxygen atoms in total. The Morgan fingerprint density at radius 1 is 1.07 bits per heavy atom. The fourth-order valence-electron chi connectivity index (χ4n) is 4.06. The van der Waals surface area contributed by atoms with Crippen LogP contribution in [0.1, 0.15) is 43.0 Å². The molecule has 2 N–H and O–H groups in total. The number of piperidine rings is 1. The van der Waals surface area contributed by atoms with Gasteiger partial charge < -0.3 is 20.4 Å². The zero-order valence-corrected chi connectivity index (χ0v) is 16.3. The van der Waals surface area contributed by atoms with Crippen LogP contribution in [0.5, 0.6) is 0 Å². The number of nitrogens with one attached hydrogen (secondary N) is 2. The quantitative estimate of drug-likeness (QED) is 0.805. The van der Waals surface area contributed by atoms with Gasteiger partial charge >= 0.3 is 6.03 Å². The minimum Gasteiger partial charge on any atom is -0.338 e. The highest BCUT2D eigenvalue weighted by Crippen LogP contribution is 2.16. The number of urea groups is 1. The molecule has 2 aliphatic rings. The normalized spacial score (nSPS) is 21.2. The predicted molar refractivity (Wildman–Crippen MR) is 107 cm³/mol. The number of benzene rings is 1. The highest BCUT2D eigenvalue weighted by atomic mass is 16.2. The number of rotatable bonds is 6. The van der Waals surface area contributed by atoms with E-state index < -0.39 is 0 Å². The van der Waals surface area contributed by atoms with Gasteiger partial charge in [0.25, 0.3) is 5.91 Å². The van der Waals surface area contributed by atoms with E-state index in [1.807, 2.05) is 35.2 Å². The molecule has 6 heteroatoms. The van der Waals surface area contributed by atoms with Crippen LogP contribution in [0.4, 0.5) is 4.79 Å². The Hall–Kier alpha value is -2.08. The molecule has 2 aliphatic heterocycles. The summed E-state index contributed by atoms with van der Waals surface area (Å²) in [7, 11) is 0. The Kier molecular flexibility index (Phi) is 7.10. The van der Waals surface area contributed by atoms with Crippen LogP contribution in [0.25, 0.3) is 0 Å². The zero-order valence-electron chi connectivity index (χ0n) is 16.3. The number of carbonyl (C=O) groups is 2. The molecule has 0 aromatic heterocycles. The van der Waals surface area contributed by atoms with E-state index in [0.29, 0.717) is 19.0 Å². The molecule has 0 saturated carbocycles. The molecule has 2 heterocycles. The van der Waals surface area contributed by atoms with E-state index in [4.69, 9.17) is 0 Å². The maximum absolute atomic E-state index is 12.5. The lowest BCUT2D eigenvalue weighted by molar-refractivity contribution is 0.0708. The van der Waals surface area contributed by atoms with Gasteiger partial charge in [0.15, 0.2) is 0 Å². The van der Waals surface area contributed by atoms with Crippen molar-refractivity contribution in [1.29, 1.82) is 0 Å². The molecule has 1 aromatic carbocycles. The first kappa shape index (κ1) is 19.7. The second-order valence-electron chi connectivity index (χ2n) is 7.74. The summed E-state index contributed by atoms with van der Waals surface area (Å²) in [5.74, 6) is 0.643. The average molecular weight is 373 g/mol. The van der Waals surface area contributed by atoms with Crippen LogP contribution in [0.3, 0.4) is 0 Å². The fourth-order valence-corrected chi connectivity index (χ4v) is 4.06. The minimum atomic E-state index is -0.0724. The summed E-state index contributed by atoms with van der Waals surface area (Å²) in [6.07, 6.45) is 3.96. The molecule has 0 radical (unpaired) electrons. The van der Waals surface area contributed by atoms with Crippen LogP contribution in [0.15, 0.2) is 30.3 Å². The van der Waals surface area contributed by atoms with Crippen molar-refractivity contribution >= 4 is 11.9 Å². The van der Waals surface area contributed by atoms with Gasteiger partial charge in [-0.25, -0.2) is 4.79 Å². The molecule has 2 fully saturated rings. The third-order valence-electron chi connectivity index (χ3n) is 5.60. The summed E-state index contributed by atoms with van der Waals surface area (Å²) < 4.78 is 0. The van der Waals surface area contributed by atoms with E-state index in [1.54, 1.807) is 0 Å². The lowest BCUT2D eigenvalue weighted by Gasteiger charge is -2.32. The Balaban J connectivity index is 1.34. The van der Waals surface area contributed by atoms with Crippen LogP contribution in [-0.2, 0) is 0 Å². The summed E-state index contributed by atoms with van der Waals surface area (Å²) in [6.45, 7) is 7.72.